The average Bonchev–Trinajstić information content (AvgIpc) is 2.47. The van der Waals surface area contributed by atoms with Crippen molar-refractivity contribution >= 4 is 0 Å². The molecule has 1 heterocycles. The molecule has 6 nitrogen and oxygen atoms in total. The smallest absolute Gasteiger partial charge is 0.146 e. The largest absolute Gasteiger partial charge is 0.493 e. The Morgan fingerprint density at radius 3 is 2.70 bits per heavy atom. The van der Waals surface area contributed by atoms with Crippen molar-refractivity contribution in [1.29, 1.82) is 0 Å². The van der Waals surface area contributed by atoms with Crippen LogP contribution < -0.4 is 4.74 Å². The molecule has 0 aromatic carbocycles. The number of hydrogen-bond donors (Lipinski definition) is 1. The standard InChI is InChI=1S/C14H23NO5/c1-12-13(10-16)15-5-4-14(12)20-7-3-6-18-11-19-9-8-17-2/h4-5,16H,3,6-11H2,1-2H3. The molecule has 0 amide bonds. The Balaban J connectivity index is 2.09. The van der Waals surface area contributed by atoms with Gasteiger partial charge in [-0.25, -0.2) is 0 Å². The van der Waals surface area contributed by atoms with E-state index in [9.17, 15) is 0 Å². The molecule has 0 saturated heterocycles. The molecule has 0 spiro atoms. The van der Waals surface area contributed by atoms with Crippen LogP contribution >= 0.6 is 0 Å². The summed E-state index contributed by atoms with van der Waals surface area (Å²) in [5, 5.41) is 9.11. The molecule has 1 aromatic heterocycles. The van der Waals surface area contributed by atoms with Crippen LogP contribution in [-0.4, -0.2) is 50.4 Å². The molecule has 0 radical (unpaired) electrons. The Kier molecular flexibility index (Phi) is 8.90. The highest BCUT2D eigenvalue weighted by atomic mass is 16.7. The highest BCUT2D eigenvalue weighted by molar-refractivity contribution is 5.34. The monoisotopic (exact) mass is 285 g/mol. The second-order valence-corrected chi connectivity index (χ2v) is 4.17. The average molecular weight is 285 g/mol. The number of aromatic nitrogens is 1. The summed E-state index contributed by atoms with van der Waals surface area (Å²) in [4.78, 5) is 4.07. The molecule has 0 saturated carbocycles. The second kappa shape index (κ2) is 10.6. The number of nitrogens with zero attached hydrogens (tertiary/aromatic N) is 1. The van der Waals surface area contributed by atoms with E-state index in [0.29, 0.717) is 32.1 Å². The lowest BCUT2D eigenvalue weighted by Gasteiger charge is -2.11. The zero-order valence-electron chi connectivity index (χ0n) is 12.1. The molecule has 1 rings (SSSR count). The van der Waals surface area contributed by atoms with Crippen LogP contribution in [0.2, 0.25) is 0 Å². The Hall–Kier alpha value is -1.21. The lowest BCUT2D eigenvalue weighted by Crippen LogP contribution is -2.09. The van der Waals surface area contributed by atoms with Crippen LogP contribution in [0.3, 0.4) is 0 Å². The Morgan fingerprint density at radius 1 is 1.15 bits per heavy atom. The highest BCUT2D eigenvalue weighted by Gasteiger charge is 2.05. The van der Waals surface area contributed by atoms with E-state index in [2.05, 4.69) is 4.98 Å². The van der Waals surface area contributed by atoms with E-state index >= 15 is 0 Å². The third-order valence-corrected chi connectivity index (χ3v) is 2.70. The fourth-order valence-corrected chi connectivity index (χ4v) is 1.54. The normalized spacial score (nSPS) is 10.8. The minimum absolute atomic E-state index is 0.0784. The SMILES string of the molecule is COCCOCOCCCOc1ccnc(CO)c1C. The van der Waals surface area contributed by atoms with Gasteiger partial charge in [-0.3, -0.25) is 4.98 Å². The van der Waals surface area contributed by atoms with E-state index < -0.39 is 0 Å². The highest BCUT2D eigenvalue weighted by Crippen LogP contribution is 2.19. The first-order valence-electron chi connectivity index (χ1n) is 6.62. The quantitative estimate of drug-likeness (QED) is 0.488. The van der Waals surface area contributed by atoms with Gasteiger partial charge in [0.25, 0.3) is 0 Å². The van der Waals surface area contributed by atoms with Gasteiger partial charge >= 0.3 is 0 Å². The summed E-state index contributed by atoms with van der Waals surface area (Å²) in [7, 11) is 1.63. The minimum Gasteiger partial charge on any atom is -0.493 e. The van der Waals surface area contributed by atoms with Crippen LogP contribution in [0.1, 0.15) is 17.7 Å². The first-order chi connectivity index (χ1) is 9.79. The van der Waals surface area contributed by atoms with Crippen molar-refractivity contribution in [3.8, 4) is 5.75 Å². The van der Waals surface area contributed by atoms with Gasteiger partial charge in [0, 0.05) is 25.3 Å². The third kappa shape index (κ3) is 6.29. The molecule has 0 bridgehead atoms. The van der Waals surface area contributed by atoms with E-state index in [1.165, 1.54) is 0 Å². The Morgan fingerprint density at radius 2 is 1.95 bits per heavy atom. The van der Waals surface area contributed by atoms with E-state index in [0.717, 1.165) is 17.7 Å². The number of methoxy groups -OCH3 is 1. The zero-order chi connectivity index (χ0) is 14.6. The third-order valence-electron chi connectivity index (χ3n) is 2.70. The number of aliphatic hydroxyl groups is 1. The van der Waals surface area contributed by atoms with Crippen molar-refractivity contribution in [3.63, 3.8) is 0 Å². The van der Waals surface area contributed by atoms with Gasteiger partial charge < -0.3 is 24.1 Å². The number of pyridine rings is 1. The predicted octanol–water partition coefficient (Wildman–Crippen LogP) is 1.29. The summed E-state index contributed by atoms with van der Waals surface area (Å²) in [6, 6.07) is 1.79. The molecule has 0 fully saturated rings. The fourth-order valence-electron chi connectivity index (χ4n) is 1.54. The number of aliphatic hydroxyl groups excluding tert-OH is 1. The van der Waals surface area contributed by atoms with Crippen molar-refractivity contribution in [2.24, 2.45) is 0 Å². The maximum atomic E-state index is 9.11. The van der Waals surface area contributed by atoms with Crippen molar-refractivity contribution in [2.75, 3.05) is 40.3 Å². The molecule has 6 heteroatoms. The van der Waals surface area contributed by atoms with Gasteiger partial charge in [0.1, 0.15) is 12.5 Å². The lowest BCUT2D eigenvalue weighted by atomic mass is 10.2. The zero-order valence-corrected chi connectivity index (χ0v) is 12.1. The van der Waals surface area contributed by atoms with Crippen molar-refractivity contribution in [2.45, 2.75) is 20.0 Å². The van der Waals surface area contributed by atoms with Gasteiger partial charge in [-0.05, 0) is 13.0 Å². The van der Waals surface area contributed by atoms with Crippen molar-refractivity contribution in [3.05, 3.63) is 23.5 Å². The topological polar surface area (TPSA) is 70.0 Å². The fraction of sp³-hybridized carbons (Fsp3) is 0.643. The van der Waals surface area contributed by atoms with Crippen molar-refractivity contribution in [1.82, 2.24) is 4.98 Å². The van der Waals surface area contributed by atoms with Crippen LogP contribution in [-0.2, 0) is 20.8 Å². The molecule has 0 unspecified atom stereocenters. The Labute approximate surface area is 119 Å². The summed E-state index contributed by atoms with van der Waals surface area (Å²) < 4.78 is 20.9. The maximum absolute atomic E-state index is 9.11. The first-order valence-corrected chi connectivity index (χ1v) is 6.62. The van der Waals surface area contributed by atoms with Gasteiger partial charge in [-0.15, -0.1) is 0 Å². The molecule has 0 aliphatic carbocycles. The van der Waals surface area contributed by atoms with E-state index in [-0.39, 0.29) is 13.4 Å². The molecule has 0 atom stereocenters. The van der Waals surface area contributed by atoms with E-state index in [1.54, 1.807) is 19.4 Å². The molecule has 114 valence electrons. The molecule has 0 aliphatic heterocycles. The van der Waals surface area contributed by atoms with Crippen LogP contribution in [0.4, 0.5) is 0 Å². The summed E-state index contributed by atoms with van der Waals surface area (Å²) in [5.74, 6) is 0.750. The van der Waals surface area contributed by atoms with Crippen LogP contribution in [0.15, 0.2) is 12.3 Å². The number of ether oxygens (including phenoxy) is 4. The summed E-state index contributed by atoms with van der Waals surface area (Å²) in [6.45, 7) is 4.30. The van der Waals surface area contributed by atoms with E-state index in [4.69, 9.17) is 24.1 Å². The van der Waals surface area contributed by atoms with Crippen LogP contribution in [0.5, 0.6) is 5.75 Å². The van der Waals surface area contributed by atoms with Crippen LogP contribution in [0.25, 0.3) is 0 Å². The van der Waals surface area contributed by atoms with Gasteiger partial charge in [-0.1, -0.05) is 0 Å². The minimum atomic E-state index is -0.0784. The maximum Gasteiger partial charge on any atom is 0.146 e. The summed E-state index contributed by atoms with van der Waals surface area (Å²) in [5.41, 5.74) is 1.52. The van der Waals surface area contributed by atoms with Crippen LogP contribution in [0, 0.1) is 6.92 Å². The molecule has 1 aromatic rings. The summed E-state index contributed by atoms with van der Waals surface area (Å²) >= 11 is 0. The molecular weight excluding hydrogens is 262 g/mol. The van der Waals surface area contributed by atoms with Gasteiger partial charge in [0.15, 0.2) is 0 Å². The predicted molar refractivity (Wildman–Crippen MR) is 73.7 cm³/mol. The first kappa shape index (κ1) is 16.8. The Bertz CT molecular complexity index is 373. The van der Waals surface area contributed by atoms with E-state index in [1.807, 2.05) is 6.92 Å². The molecule has 0 aliphatic rings. The van der Waals surface area contributed by atoms with Gasteiger partial charge in [0.05, 0.1) is 38.7 Å². The number of hydrogen-bond acceptors (Lipinski definition) is 6. The van der Waals surface area contributed by atoms with Crippen molar-refractivity contribution < 1.29 is 24.1 Å². The molecule has 20 heavy (non-hydrogen) atoms. The number of rotatable bonds is 11. The molecule has 1 N–H and O–H groups in total. The van der Waals surface area contributed by atoms with Gasteiger partial charge in [0.2, 0.25) is 0 Å². The van der Waals surface area contributed by atoms with Gasteiger partial charge in [-0.2, -0.15) is 0 Å². The lowest BCUT2D eigenvalue weighted by molar-refractivity contribution is -0.0674. The second-order valence-electron chi connectivity index (χ2n) is 4.17. The molecular formula is C14H23NO5. The summed E-state index contributed by atoms with van der Waals surface area (Å²) in [6.07, 6.45) is 2.40.